The van der Waals surface area contributed by atoms with Gasteiger partial charge in [0.05, 0.1) is 32.5 Å². The standard InChI is InChI=1S/C29H41N9O4/c30-11-15-41-17-18-42-16-14-32-26(40)23-3-1-21(2-4-23)19-33-27-36-28(34-20-22-9-12-31-13-10-22)38-29(37-27)35-24-5-7-25(39)8-6-24/h1-4,9-10,12-13,24-25,39H,5-8,11,14-20,30H2,(H,32,40)(H3,33,34,35,36,37,38). The molecule has 0 spiro atoms. The van der Waals surface area contributed by atoms with Gasteiger partial charge in [-0.1, -0.05) is 12.1 Å². The summed E-state index contributed by atoms with van der Waals surface area (Å²) in [5.74, 6) is 1.19. The van der Waals surface area contributed by atoms with Crippen molar-refractivity contribution in [2.24, 2.45) is 5.73 Å². The number of hydrogen-bond acceptors (Lipinski definition) is 12. The molecule has 1 fully saturated rings. The topological polar surface area (TPSA) is 181 Å². The number of amides is 1. The number of rotatable bonds is 17. The summed E-state index contributed by atoms with van der Waals surface area (Å²) in [5, 5.41) is 22.6. The zero-order valence-electron chi connectivity index (χ0n) is 23.8. The first-order chi connectivity index (χ1) is 20.6. The number of carbonyl (C=O) groups is 1. The maximum Gasteiger partial charge on any atom is 0.251 e. The maximum atomic E-state index is 12.5. The lowest BCUT2D eigenvalue weighted by Crippen LogP contribution is -2.29. The molecular weight excluding hydrogens is 538 g/mol. The number of anilines is 3. The van der Waals surface area contributed by atoms with Crippen molar-refractivity contribution < 1.29 is 19.4 Å². The van der Waals surface area contributed by atoms with Crippen molar-refractivity contribution in [2.45, 2.75) is 50.9 Å². The molecular formula is C29H41N9O4. The van der Waals surface area contributed by atoms with Gasteiger partial charge in [0.25, 0.3) is 5.91 Å². The molecule has 7 N–H and O–H groups in total. The van der Waals surface area contributed by atoms with Crippen LogP contribution in [-0.4, -0.2) is 82.6 Å². The van der Waals surface area contributed by atoms with Gasteiger partial charge in [-0.05, 0) is 61.1 Å². The van der Waals surface area contributed by atoms with E-state index in [0.29, 0.717) is 76.0 Å². The van der Waals surface area contributed by atoms with Crippen LogP contribution >= 0.6 is 0 Å². The maximum absolute atomic E-state index is 12.5. The second kappa shape index (κ2) is 17.1. The second-order valence-corrected chi connectivity index (χ2v) is 9.98. The quantitative estimate of drug-likeness (QED) is 0.128. The lowest BCUT2D eigenvalue weighted by atomic mass is 9.93. The number of nitrogens with one attached hydrogen (secondary N) is 4. The van der Waals surface area contributed by atoms with Gasteiger partial charge in [-0.3, -0.25) is 9.78 Å². The molecule has 2 aromatic heterocycles. The van der Waals surface area contributed by atoms with Crippen molar-refractivity contribution in [1.29, 1.82) is 0 Å². The van der Waals surface area contributed by atoms with Gasteiger partial charge in [0.2, 0.25) is 17.8 Å². The summed E-state index contributed by atoms with van der Waals surface area (Å²) in [6.07, 6.45) is 6.48. The molecule has 1 saturated carbocycles. The van der Waals surface area contributed by atoms with Gasteiger partial charge in [-0.2, -0.15) is 15.0 Å². The van der Waals surface area contributed by atoms with Gasteiger partial charge in [-0.15, -0.1) is 0 Å². The largest absolute Gasteiger partial charge is 0.393 e. The molecule has 0 unspecified atom stereocenters. The van der Waals surface area contributed by atoms with E-state index in [1.54, 1.807) is 24.5 Å². The summed E-state index contributed by atoms with van der Waals surface area (Å²) in [5.41, 5.74) is 7.96. The number of aliphatic hydroxyl groups is 1. The fourth-order valence-electron chi connectivity index (χ4n) is 4.38. The zero-order chi connectivity index (χ0) is 29.4. The third-order valence-corrected chi connectivity index (χ3v) is 6.70. The molecule has 0 bridgehead atoms. The van der Waals surface area contributed by atoms with Crippen LogP contribution in [0.5, 0.6) is 0 Å². The van der Waals surface area contributed by atoms with Crippen LogP contribution in [0.2, 0.25) is 0 Å². The van der Waals surface area contributed by atoms with Crippen LogP contribution in [0, 0.1) is 0 Å². The highest BCUT2D eigenvalue weighted by Gasteiger charge is 2.20. The Balaban J connectivity index is 1.29. The molecule has 3 aromatic rings. The Morgan fingerprint density at radius 1 is 0.810 bits per heavy atom. The molecule has 226 valence electrons. The normalized spacial score (nSPS) is 16.5. The van der Waals surface area contributed by atoms with Gasteiger partial charge < -0.3 is 41.6 Å². The third-order valence-electron chi connectivity index (χ3n) is 6.70. The molecule has 1 aliphatic rings. The van der Waals surface area contributed by atoms with Crippen molar-refractivity contribution in [3.05, 3.63) is 65.5 Å². The number of nitrogens with two attached hydrogens (primary N) is 1. The molecule has 0 atom stereocenters. The predicted octanol–water partition coefficient (Wildman–Crippen LogP) is 1.93. The Bertz CT molecular complexity index is 1210. The SMILES string of the molecule is NCCOCCOCCNC(=O)c1ccc(CNc2nc(NCc3ccncc3)nc(NC3CCC(O)CC3)n2)cc1. The lowest BCUT2D eigenvalue weighted by Gasteiger charge is -2.26. The molecule has 0 saturated heterocycles. The van der Waals surface area contributed by atoms with Gasteiger partial charge in [0, 0.05) is 50.2 Å². The van der Waals surface area contributed by atoms with E-state index in [-0.39, 0.29) is 18.1 Å². The average molecular weight is 580 g/mol. The summed E-state index contributed by atoms with van der Waals surface area (Å²) >= 11 is 0. The smallest absolute Gasteiger partial charge is 0.251 e. The molecule has 13 nitrogen and oxygen atoms in total. The first-order valence-electron chi connectivity index (χ1n) is 14.4. The van der Waals surface area contributed by atoms with Gasteiger partial charge in [0.15, 0.2) is 0 Å². The van der Waals surface area contributed by atoms with E-state index in [2.05, 4.69) is 41.2 Å². The first kappa shape index (κ1) is 31.0. The van der Waals surface area contributed by atoms with E-state index in [1.807, 2.05) is 24.3 Å². The minimum Gasteiger partial charge on any atom is -0.393 e. The van der Waals surface area contributed by atoms with Crippen LogP contribution in [0.4, 0.5) is 17.8 Å². The van der Waals surface area contributed by atoms with Crippen molar-refractivity contribution in [2.75, 3.05) is 55.5 Å². The molecule has 4 rings (SSSR count). The molecule has 0 radical (unpaired) electrons. The van der Waals surface area contributed by atoms with E-state index < -0.39 is 0 Å². The van der Waals surface area contributed by atoms with Crippen LogP contribution in [0.3, 0.4) is 0 Å². The highest BCUT2D eigenvalue weighted by atomic mass is 16.5. The van der Waals surface area contributed by atoms with Crippen molar-refractivity contribution >= 4 is 23.8 Å². The monoisotopic (exact) mass is 579 g/mol. The number of aromatic nitrogens is 4. The second-order valence-electron chi connectivity index (χ2n) is 9.98. The molecule has 1 amide bonds. The third kappa shape index (κ3) is 10.8. The van der Waals surface area contributed by atoms with Crippen molar-refractivity contribution in [1.82, 2.24) is 25.3 Å². The van der Waals surface area contributed by atoms with Crippen LogP contribution < -0.4 is 27.0 Å². The highest BCUT2D eigenvalue weighted by Crippen LogP contribution is 2.22. The number of ether oxygens (including phenoxy) is 2. The summed E-state index contributed by atoms with van der Waals surface area (Å²) in [6, 6.07) is 11.4. The fraction of sp³-hybridized carbons (Fsp3) is 0.483. The van der Waals surface area contributed by atoms with E-state index in [1.165, 1.54) is 0 Å². The molecule has 13 heteroatoms. The number of aliphatic hydroxyl groups excluding tert-OH is 1. The molecule has 42 heavy (non-hydrogen) atoms. The molecule has 1 aromatic carbocycles. The molecule has 2 heterocycles. The number of carbonyl (C=O) groups excluding carboxylic acids is 1. The molecule has 1 aliphatic carbocycles. The molecule has 0 aliphatic heterocycles. The van der Waals surface area contributed by atoms with Crippen molar-refractivity contribution in [3.8, 4) is 0 Å². The Morgan fingerprint density at radius 2 is 1.40 bits per heavy atom. The summed E-state index contributed by atoms with van der Waals surface area (Å²) in [4.78, 5) is 30.2. The predicted molar refractivity (Wildman–Crippen MR) is 160 cm³/mol. The Morgan fingerprint density at radius 3 is 2.05 bits per heavy atom. The van der Waals surface area contributed by atoms with Crippen molar-refractivity contribution in [3.63, 3.8) is 0 Å². The number of hydrogen-bond donors (Lipinski definition) is 6. The summed E-state index contributed by atoms with van der Waals surface area (Å²) in [6.45, 7) is 3.77. The summed E-state index contributed by atoms with van der Waals surface area (Å²) < 4.78 is 10.7. The van der Waals surface area contributed by atoms with Gasteiger partial charge in [-0.25, -0.2) is 0 Å². The van der Waals surface area contributed by atoms with Gasteiger partial charge in [0.1, 0.15) is 0 Å². The van der Waals surface area contributed by atoms with Gasteiger partial charge >= 0.3 is 0 Å². The van der Waals surface area contributed by atoms with E-state index in [4.69, 9.17) is 15.2 Å². The van der Waals surface area contributed by atoms with E-state index >= 15 is 0 Å². The Labute approximate surface area is 246 Å². The Hall–Kier alpha value is -3.91. The minimum atomic E-state index is -0.236. The Kier molecular flexibility index (Phi) is 12.7. The van der Waals surface area contributed by atoms with Crippen LogP contribution in [0.15, 0.2) is 48.8 Å². The van der Waals surface area contributed by atoms with Crippen LogP contribution in [0.1, 0.15) is 47.2 Å². The minimum absolute atomic E-state index is 0.161. The zero-order valence-corrected chi connectivity index (χ0v) is 23.8. The number of benzene rings is 1. The first-order valence-corrected chi connectivity index (χ1v) is 14.4. The van der Waals surface area contributed by atoms with E-state index in [9.17, 15) is 9.90 Å². The fourth-order valence-corrected chi connectivity index (χ4v) is 4.38. The number of nitrogens with zero attached hydrogens (tertiary/aromatic N) is 4. The average Bonchev–Trinajstić information content (AvgIpc) is 3.02. The summed E-state index contributed by atoms with van der Waals surface area (Å²) in [7, 11) is 0. The lowest BCUT2D eigenvalue weighted by molar-refractivity contribution is 0.0511. The highest BCUT2D eigenvalue weighted by molar-refractivity contribution is 5.94. The van der Waals surface area contributed by atoms with Crippen LogP contribution in [0.25, 0.3) is 0 Å². The number of pyridine rings is 1. The van der Waals surface area contributed by atoms with E-state index in [0.717, 1.165) is 36.8 Å². The van der Waals surface area contributed by atoms with Crippen LogP contribution in [-0.2, 0) is 22.6 Å².